The minimum Gasteiger partial charge on any atom is -0.457 e. The summed E-state index contributed by atoms with van der Waals surface area (Å²) in [6.07, 6.45) is 2.05. The highest BCUT2D eigenvalue weighted by molar-refractivity contribution is 5.91. The number of furan rings is 1. The summed E-state index contributed by atoms with van der Waals surface area (Å²) in [7, 11) is 0. The van der Waals surface area contributed by atoms with Gasteiger partial charge in [0.05, 0.1) is 6.26 Å². The van der Waals surface area contributed by atoms with Gasteiger partial charge in [0.25, 0.3) is 5.91 Å². The summed E-state index contributed by atoms with van der Waals surface area (Å²) < 4.78 is 23.5. The fraction of sp³-hybridized carbons (Fsp3) is 0.294. The fourth-order valence-electron chi connectivity index (χ4n) is 2.16. The summed E-state index contributed by atoms with van der Waals surface area (Å²) in [5.41, 5.74) is 1.03. The predicted octanol–water partition coefficient (Wildman–Crippen LogP) is 2.90. The fourth-order valence-corrected chi connectivity index (χ4v) is 2.16. The number of ether oxygens (including phenoxy) is 1. The summed E-state index contributed by atoms with van der Waals surface area (Å²) in [5.74, 6) is -1.52. The Morgan fingerprint density at radius 3 is 2.52 bits per heavy atom. The van der Waals surface area contributed by atoms with Gasteiger partial charge in [-0.15, -0.1) is 0 Å². The van der Waals surface area contributed by atoms with Gasteiger partial charge in [0, 0.05) is 17.2 Å². The van der Waals surface area contributed by atoms with Crippen LogP contribution in [0, 0.1) is 12.7 Å². The van der Waals surface area contributed by atoms with Gasteiger partial charge in [-0.1, -0.05) is 12.1 Å². The first-order valence-electron chi connectivity index (χ1n) is 7.35. The van der Waals surface area contributed by atoms with Crippen LogP contribution < -0.4 is 5.32 Å². The number of rotatable bonds is 5. The molecule has 0 saturated heterocycles. The third-order valence-electron chi connectivity index (χ3n) is 3.61. The van der Waals surface area contributed by atoms with Crippen molar-refractivity contribution in [3.8, 4) is 0 Å². The molecule has 1 aliphatic carbocycles. The molecule has 0 spiro atoms. The Morgan fingerprint density at radius 1 is 1.26 bits per heavy atom. The van der Waals surface area contributed by atoms with Crippen LogP contribution in [-0.4, -0.2) is 17.9 Å². The summed E-state index contributed by atoms with van der Waals surface area (Å²) >= 11 is 0. The van der Waals surface area contributed by atoms with Gasteiger partial charge in [-0.2, -0.15) is 0 Å². The monoisotopic (exact) mass is 317 g/mol. The van der Waals surface area contributed by atoms with E-state index in [4.69, 9.17) is 9.15 Å². The van der Waals surface area contributed by atoms with E-state index in [-0.39, 0.29) is 11.8 Å². The number of hydrogen-bond donors (Lipinski definition) is 1. The van der Waals surface area contributed by atoms with Crippen molar-refractivity contribution in [2.45, 2.75) is 31.9 Å². The largest absolute Gasteiger partial charge is 0.457 e. The quantitative estimate of drug-likeness (QED) is 0.861. The lowest BCUT2D eigenvalue weighted by Crippen LogP contribution is -2.33. The first-order valence-corrected chi connectivity index (χ1v) is 7.35. The lowest BCUT2D eigenvalue weighted by Gasteiger charge is -2.17. The highest BCUT2D eigenvalue weighted by atomic mass is 19.1. The number of nitrogens with one attached hydrogen (secondary N) is 1. The van der Waals surface area contributed by atoms with Gasteiger partial charge in [-0.3, -0.25) is 4.79 Å². The van der Waals surface area contributed by atoms with Crippen LogP contribution in [0.15, 0.2) is 41.0 Å². The average Bonchev–Trinajstić information content (AvgIpc) is 3.23. The molecule has 1 atom stereocenters. The van der Waals surface area contributed by atoms with E-state index in [1.807, 2.05) is 0 Å². The third-order valence-corrected chi connectivity index (χ3v) is 3.61. The smallest absolute Gasteiger partial charge is 0.375 e. The van der Waals surface area contributed by atoms with Crippen molar-refractivity contribution in [3.63, 3.8) is 0 Å². The van der Waals surface area contributed by atoms with E-state index >= 15 is 0 Å². The van der Waals surface area contributed by atoms with Crippen LogP contribution in [-0.2, 0) is 9.53 Å². The van der Waals surface area contributed by atoms with Gasteiger partial charge in [0.2, 0.25) is 11.9 Å². The zero-order valence-electron chi connectivity index (χ0n) is 12.5. The minimum atomic E-state index is -1.15. The summed E-state index contributed by atoms with van der Waals surface area (Å²) in [6.45, 7) is 1.71. The lowest BCUT2D eigenvalue weighted by molar-refractivity contribution is -0.130. The highest BCUT2D eigenvalue weighted by Gasteiger charge is 2.32. The molecule has 0 aliphatic heterocycles. The van der Waals surface area contributed by atoms with E-state index in [1.54, 1.807) is 13.0 Å². The molecule has 5 nitrogen and oxygen atoms in total. The molecule has 1 aromatic heterocycles. The number of amides is 1. The van der Waals surface area contributed by atoms with Crippen LogP contribution in [0.3, 0.4) is 0 Å². The predicted molar refractivity (Wildman–Crippen MR) is 79.2 cm³/mol. The van der Waals surface area contributed by atoms with Crippen LogP contribution in [0.4, 0.5) is 4.39 Å². The Morgan fingerprint density at radius 2 is 1.96 bits per heavy atom. The van der Waals surface area contributed by atoms with Crippen molar-refractivity contribution in [2.24, 2.45) is 0 Å². The van der Waals surface area contributed by atoms with Crippen molar-refractivity contribution in [2.75, 3.05) is 0 Å². The molecule has 3 rings (SSSR count). The molecule has 1 aromatic carbocycles. The van der Waals surface area contributed by atoms with Crippen molar-refractivity contribution < 1.29 is 23.1 Å². The number of halogens is 1. The van der Waals surface area contributed by atoms with E-state index in [1.165, 1.54) is 30.5 Å². The molecule has 1 aliphatic rings. The van der Waals surface area contributed by atoms with E-state index < -0.39 is 23.8 Å². The van der Waals surface area contributed by atoms with Crippen LogP contribution in [0.2, 0.25) is 0 Å². The van der Waals surface area contributed by atoms with Gasteiger partial charge >= 0.3 is 5.97 Å². The van der Waals surface area contributed by atoms with E-state index in [9.17, 15) is 14.0 Å². The minimum absolute atomic E-state index is 0.0522. The maximum absolute atomic E-state index is 13.1. The molecule has 1 amide bonds. The van der Waals surface area contributed by atoms with Crippen molar-refractivity contribution in [1.82, 2.24) is 5.32 Å². The molecule has 1 heterocycles. The van der Waals surface area contributed by atoms with Crippen molar-refractivity contribution in [1.29, 1.82) is 0 Å². The van der Waals surface area contributed by atoms with E-state index in [2.05, 4.69) is 5.32 Å². The van der Waals surface area contributed by atoms with Crippen LogP contribution in [0.5, 0.6) is 0 Å². The Labute approximate surface area is 132 Å². The molecular weight excluding hydrogens is 301 g/mol. The van der Waals surface area contributed by atoms with Crippen molar-refractivity contribution >= 4 is 11.9 Å². The van der Waals surface area contributed by atoms with Gasteiger partial charge in [-0.25, -0.2) is 9.18 Å². The second-order valence-electron chi connectivity index (χ2n) is 5.55. The van der Waals surface area contributed by atoms with Gasteiger partial charge < -0.3 is 14.5 Å². The Bertz CT molecular complexity index is 718. The first-order chi connectivity index (χ1) is 11.0. The van der Waals surface area contributed by atoms with Gasteiger partial charge in [-0.05, 0) is 38.0 Å². The molecular formula is C17H16FNO4. The summed E-state index contributed by atoms with van der Waals surface area (Å²) in [6, 6.07) is 7.05. The molecule has 2 aromatic rings. The summed E-state index contributed by atoms with van der Waals surface area (Å²) in [4.78, 5) is 24.6. The SMILES string of the molecule is Cc1ccoc1C(=O)O[C@@H](C(=O)NC1CC1)c1ccc(F)cc1. The highest BCUT2D eigenvalue weighted by Crippen LogP contribution is 2.25. The number of aryl methyl sites for hydroxylation is 1. The molecule has 120 valence electrons. The first kappa shape index (κ1) is 15.3. The molecule has 6 heteroatoms. The number of esters is 1. The van der Waals surface area contributed by atoms with Crippen LogP contribution >= 0.6 is 0 Å². The standard InChI is InChI=1S/C17H16FNO4/c1-10-8-9-22-14(10)17(21)23-15(16(20)19-13-6-7-13)11-2-4-12(18)5-3-11/h2-5,8-9,13,15H,6-7H2,1H3,(H,19,20)/t15-/m1/s1. The topological polar surface area (TPSA) is 68.5 Å². The Balaban J connectivity index is 1.82. The molecule has 0 unspecified atom stereocenters. The second kappa shape index (κ2) is 6.24. The number of carbonyl (C=O) groups is 2. The Kier molecular flexibility index (Phi) is 4.14. The molecule has 23 heavy (non-hydrogen) atoms. The number of hydrogen-bond acceptors (Lipinski definition) is 4. The Hall–Kier alpha value is -2.63. The maximum atomic E-state index is 13.1. The number of benzene rings is 1. The molecule has 1 saturated carbocycles. The maximum Gasteiger partial charge on any atom is 0.375 e. The molecule has 0 bridgehead atoms. The zero-order chi connectivity index (χ0) is 16.4. The second-order valence-corrected chi connectivity index (χ2v) is 5.55. The molecule has 1 N–H and O–H groups in total. The number of carbonyl (C=O) groups excluding carboxylic acids is 2. The van der Waals surface area contributed by atoms with Crippen LogP contribution in [0.25, 0.3) is 0 Å². The molecule has 0 radical (unpaired) electrons. The molecule has 1 fully saturated rings. The average molecular weight is 317 g/mol. The van der Waals surface area contributed by atoms with Gasteiger partial charge in [0.15, 0.2) is 0 Å². The van der Waals surface area contributed by atoms with Crippen LogP contribution in [0.1, 0.15) is 40.6 Å². The van der Waals surface area contributed by atoms with Crippen molar-refractivity contribution in [3.05, 3.63) is 59.3 Å². The third kappa shape index (κ3) is 3.59. The zero-order valence-corrected chi connectivity index (χ0v) is 12.5. The normalized spacial score (nSPS) is 15.0. The lowest BCUT2D eigenvalue weighted by atomic mass is 10.1. The summed E-state index contributed by atoms with van der Waals surface area (Å²) in [5, 5.41) is 2.79. The van der Waals surface area contributed by atoms with E-state index in [0.29, 0.717) is 11.1 Å². The van der Waals surface area contributed by atoms with Gasteiger partial charge in [0.1, 0.15) is 5.82 Å². The van der Waals surface area contributed by atoms with E-state index in [0.717, 1.165) is 12.8 Å².